The maximum absolute atomic E-state index is 11.4. The van der Waals surface area contributed by atoms with Gasteiger partial charge in [-0.1, -0.05) is 24.3 Å². The van der Waals surface area contributed by atoms with Crippen LogP contribution >= 0.6 is 0 Å². The van der Waals surface area contributed by atoms with Crippen LogP contribution in [-0.2, 0) is 12.1 Å². The zero-order valence-electron chi connectivity index (χ0n) is 11.0. The second kappa shape index (κ2) is 4.52. The molecule has 0 bridgehead atoms. The molecule has 102 valence electrons. The van der Waals surface area contributed by atoms with Crippen molar-refractivity contribution in [2.24, 2.45) is 0 Å². The Morgan fingerprint density at radius 1 is 1.30 bits per heavy atom. The number of hydrogen-bond donors (Lipinski definition) is 1. The summed E-state index contributed by atoms with van der Waals surface area (Å²) in [4.78, 5) is 16.9. The van der Waals surface area contributed by atoms with E-state index in [1.54, 1.807) is 18.3 Å². The molecule has 5 nitrogen and oxygen atoms in total. The average Bonchev–Trinajstić information content (AvgIpc) is 2.87. The van der Waals surface area contributed by atoms with Crippen molar-refractivity contribution in [1.82, 2.24) is 9.88 Å². The number of ether oxygens (including phenoxy) is 1. The van der Waals surface area contributed by atoms with E-state index in [1.165, 1.54) is 11.9 Å². The van der Waals surface area contributed by atoms with E-state index < -0.39 is 11.8 Å². The van der Waals surface area contributed by atoms with Crippen LogP contribution in [0.5, 0.6) is 5.75 Å². The molecule has 3 rings (SSSR count). The lowest BCUT2D eigenvalue weighted by molar-refractivity contribution is -0.0491. The van der Waals surface area contributed by atoms with E-state index >= 15 is 0 Å². The number of nitrogens with zero attached hydrogens (tertiary/aromatic N) is 2. The molecule has 0 saturated carbocycles. The summed E-state index contributed by atoms with van der Waals surface area (Å²) in [6.45, 7) is 0. The van der Waals surface area contributed by atoms with Gasteiger partial charge in [0.05, 0.1) is 0 Å². The van der Waals surface area contributed by atoms with Gasteiger partial charge in [0.2, 0.25) is 5.72 Å². The predicted molar refractivity (Wildman–Crippen MR) is 72.5 cm³/mol. The van der Waals surface area contributed by atoms with Crippen molar-refractivity contribution in [3.05, 3.63) is 59.9 Å². The molecule has 0 saturated heterocycles. The summed E-state index contributed by atoms with van der Waals surface area (Å²) in [5, 5.41) is 9.37. The molecule has 0 aliphatic carbocycles. The molecular weight excluding hydrogens is 256 g/mol. The number of benzene rings is 1. The third kappa shape index (κ3) is 1.79. The van der Waals surface area contributed by atoms with Crippen LogP contribution in [0.3, 0.4) is 0 Å². The Morgan fingerprint density at radius 2 is 2.05 bits per heavy atom. The number of aromatic nitrogens is 1. The first-order valence-electron chi connectivity index (χ1n) is 6.29. The van der Waals surface area contributed by atoms with Gasteiger partial charge in [0.1, 0.15) is 11.4 Å². The Kier molecular flexibility index (Phi) is 2.82. The Bertz CT molecular complexity index is 618. The number of hydrogen-bond acceptors (Lipinski definition) is 3. The minimum absolute atomic E-state index is 0.447. The summed E-state index contributed by atoms with van der Waals surface area (Å²) < 4.78 is 5.99. The van der Waals surface area contributed by atoms with Crippen molar-refractivity contribution in [2.75, 3.05) is 7.05 Å². The number of pyridine rings is 1. The molecule has 20 heavy (non-hydrogen) atoms. The van der Waals surface area contributed by atoms with E-state index in [2.05, 4.69) is 4.98 Å². The highest BCUT2D eigenvalue weighted by Gasteiger charge is 2.48. The van der Waals surface area contributed by atoms with Gasteiger partial charge in [-0.3, -0.25) is 9.88 Å². The largest absolute Gasteiger partial charge is 0.465 e. The molecule has 1 aromatic heterocycles. The van der Waals surface area contributed by atoms with E-state index in [4.69, 9.17) is 4.74 Å². The first-order valence-corrected chi connectivity index (χ1v) is 6.29. The van der Waals surface area contributed by atoms with Crippen molar-refractivity contribution < 1.29 is 14.6 Å². The highest BCUT2D eigenvalue weighted by Crippen LogP contribution is 2.42. The van der Waals surface area contributed by atoms with Gasteiger partial charge in [0.15, 0.2) is 0 Å². The second-order valence-electron chi connectivity index (χ2n) is 4.73. The average molecular weight is 270 g/mol. The first-order chi connectivity index (χ1) is 9.63. The monoisotopic (exact) mass is 270 g/mol. The SMILES string of the molecule is CN(C(=O)O)C1(c2ccccn2)Cc2ccccc2O1. The van der Waals surface area contributed by atoms with E-state index in [0.29, 0.717) is 17.9 Å². The fourth-order valence-electron chi connectivity index (χ4n) is 2.48. The van der Waals surface area contributed by atoms with Gasteiger partial charge in [-0.15, -0.1) is 0 Å². The maximum atomic E-state index is 11.4. The van der Waals surface area contributed by atoms with Gasteiger partial charge in [-0.2, -0.15) is 0 Å². The summed E-state index contributed by atoms with van der Waals surface area (Å²) in [5.41, 5.74) is 0.462. The van der Waals surface area contributed by atoms with Gasteiger partial charge in [-0.05, 0) is 18.2 Å². The standard InChI is InChI=1S/C15H14N2O3/c1-17(14(18)19)15(13-8-4-5-9-16-13)10-11-6-2-3-7-12(11)20-15/h2-9H,10H2,1H3,(H,18,19). The number of rotatable bonds is 2. The van der Waals surface area contributed by atoms with Gasteiger partial charge in [0.25, 0.3) is 0 Å². The molecule has 1 aliphatic heterocycles. The molecule has 1 aromatic carbocycles. The topological polar surface area (TPSA) is 62.7 Å². The number of fused-ring (bicyclic) bond motifs is 1. The number of carbonyl (C=O) groups is 1. The van der Waals surface area contributed by atoms with Crippen molar-refractivity contribution in [2.45, 2.75) is 12.1 Å². The lowest BCUT2D eigenvalue weighted by Gasteiger charge is -2.35. The molecule has 0 spiro atoms. The van der Waals surface area contributed by atoms with Crippen LogP contribution in [0.4, 0.5) is 4.79 Å². The normalized spacial score (nSPS) is 20.1. The van der Waals surface area contributed by atoms with Gasteiger partial charge in [0, 0.05) is 25.2 Å². The van der Waals surface area contributed by atoms with Crippen LogP contribution in [-0.4, -0.2) is 28.1 Å². The summed E-state index contributed by atoms with van der Waals surface area (Å²) >= 11 is 0. The molecule has 2 aromatic rings. The lowest BCUT2D eigenvalue weighted by atomic mass is 10.0. The molecule has 1 aliphatic rings. The number of amides is 1. The summed E-state index contributed by atoms with van der Waals surface area (Å²) in [7, 11) is 1.50. The quantitative estimate of drug-likeness (QED) is 0.910. The smallest absolute Gasteiger partial charge is 0.410 e. The minimum Gasteiger partial charge on any atom is -0.465 e. The molecule has 1 amide bonds. The van der Waals surface area contributed by atoms with Crippen LogP contribution in [0.2, 0.25) is 0 Å². The Hall–Kier alpha value is -2.56. The Labute approximate surface area is 116 Å². The molecule has 0 radical (unpaired) electrons. The number of carboxylic acid groups (broad SMARTS) is 1. The zero-order chi connectivity index (χ0) is 14.2. The molecular formula is C15H14N2O3. The maximum Gasteiger partial charge on any atom is 0.410 e. The summed E-state index contributed by atoms with van der Waals surface area (Å²) in [5.74, 6) is 0.700. The molecule has 2 heterocycles. The lowest BCUT2D eigenvalue weighted by Crippen LogP contribution is -2.50. The Morgan fingerprint density at radius 3 is 2.70 bits per heavy atom. The fraction of sp³-hybridized carbons (Fsp3) is 0.200. The van der Waals surface area contributed by atoms with Crippen molar-refractivity contribution >= 4 is 6.09 Å². The van der Waals surface area contributed by atoms with Gasteiger partial charge in [-0.25, -0.2) is 4.79 Å². The van der Waals surface area contributed by atoms with Gasteiger partial charge < -0.3 is 9.84 Å². The van der Waals surface area contributed by atoms with E-state index in [1.807, 2.05) is 30.3 Å². The van der Waals surface area contributed by atoms with Crippen LogP contribution in [0, 0.1) is 0 Å². The molecule has 1 N–H and O–H groups in total. The molecule has 1 atom stereocenters. The van der Waals surface area contributed by atoms with Crippen molar-refractivity contribution in [1.29, 1.82) is 0 Å². The molecule has 5 heteroatoms. The van der Waals surface area contributed by atoms with E-state index in [0.717, 1.165) is 5.56 Å². The van der Waals surface area contributed by atoms with E-state index in [-0.39, 0.29) is 0 Å². The van der Waals surface area contributed by atoms with Crippen LogP contribution in [0.25, 0.3) is 0 Å². The second-order valence-corrected chi connectivity index (χ2v) is 4.73. The third-order valence-electron chi connectivity index (χ3n) is 3.58. The van der Waals surface area contributed by atoms with E-state index in [9.17, 15) is 9.90 Å². The Balaban J connectivity index is 2.11. The van der Waals surface area contributed by atoms with Crippen LogP contribution < -0.4 is 4.74 Å². The zero-order valence-corrected chi connectivity index (χ0v) is 11.0. The summed E-state index contributed by atoms with van der Waals surface area (Å²) in [6, 6.07) is 13.0. The van der Waals surface area contributed by atoms with Crippen molar-refractivity contribution in [3.8, 4) is 5.75 Å². The first kappa shape index (κ1) is 12.5. The highest BCUT2D eigenvalue weighted by molar-refractivity contribution is 5.66. The minimum atomic E-state index is -1.10. The molecule has 0 fully saturated rings. The van der Waals surface area contributed by atoms with Crippen LogP contribution in [0.1, 0.15) is 11.3 Å². The molecule has 1 unspecified atom stereocenters. The number of likely N-dealkylation sites (N-methyl/N-ethyl adjacent to an activating group) is 1. The number of para-hydroxylation sites is 1. The van der Waals surface area contributed by atoms with Crippen LogP contribution in [0.15, 0.2) is 48.7 Å². The highest BCUT2D eigenvalue weighted by atomic mass is 16.5. The predicted octanol–water partition coefficient (Wildman–Crippen LogP) is 2.48. The fourth-order valence-corrected chi connectivity index (χ4v) is 2.48. The summed E-state index contributed by atoms with van der Waals surface area (Å²) in [6.07, 6.45) is 1.03. The van der Waals surface area contributed by atoms with Crippen molar-refractivity contribution in [3.63, 3.8) is 0 Å². The third-order valence-corrected chi connectivity index (χ3v) is 3.58. The van der Waals surface area contributed by atoms with Gasteiger partial charge >= 0.3 is 6.09 Å².